The number of aryl methyl sites for hydroxylation is 1. The standard InChI is InChI=1S/C15H15N3O4S/c1-9(12-4-3-6-21-12)16-13(19)8-23-15-18-17-14(22-15)11-5-7-20-10(11)2/h3-7,9H,8H2,1-2H3,(H,16,19)/t9-/m1/s1. The van der Waals surface area contributed by atoms with Crippen molar-refractivity contribution in [3.05, 3.63) is 42.2 Å². The molecule has 23 heavy (non-hydrogen) atoms. The summed E-state index contributed by atoms with van der Waals surface area (Å²) in [6.45, 7) is 3.67. The van der Waals surface area contributed by atoms with Crippen molar-refractivity contribution in [3.8, 4) is 11.5 Å². The normalized spacial score (nSPS) is 12.3. The molecule has 0 aromatic carbocycles. The molecule has 120 valence electrons. The second-order valence-corrected chi connectivity index (χ2v) is 5.78. The molecule has 1 amide bonds. The Morgan fingerprint density at radius 2 is 2.17 bits per heavy atom. The average molecular weight is 333 g/mol. The minimum Gasteiger partial charge on any atom is -0.469 e. The number of furan rings is 2. The number of thioether (sulfide) groups is 1. The van der Waals surface area contributed by atoms with E-state index in [1.165, 1.54) is 11.8 Å². The van der Waals surface area contributed by atoms with Crippen LogP contribution in [0.25, 0.3) is 11.5 Å². The van der Waals surface area contributed by atoms with Crippen molar-refractivity contribution in [3.63, 3.8) is 0 Å². The quantitative estimate of drug-likeness (QED) is 0.692. The predicted molar refractivity (Wildman–Crippen MR) is 82.7 cm³/mol. The van der Waals surface area contributed by atoms with Crippen molar-refractivity contribution in [2.24, 2.45) is 0 Å². The van der Waals surface area contributed by atoms with E-state index in [0.29, 0.717) is 22.6 Å². The Kier molecular flexibility index (Phi) is 4.52. The van der Waals surface area contributed by atoms with Gasteiger partial charge >= 0.3 is 0 Å². The smallest absolute Gasteiger partial charge is 0.277 e. The largest absolute Gasteiger partial charge is 0.469 e. The molecule has 1 atom stereocenters. The maximum Gasteiger partial charge on any atom is 0.277 e. The summed E-state index contributed by atoms with van der Waals surface area (Å²) >= 11 is 1.18. The van der Waals surface area contributed by atoms with E-state index in [1.807, 2.05) is 19.9 Å². The fourth-order valence-electron chi connectivity index (χ4n) is 2.00. The van der Waals surface area contributed by atoms with Crippen molar-refractivity contribution >= 4 is 17.7 Å². The second kappa shape index (κ2) is 6.74. The Labute approximate surface area is 136 Å². The zero-order chi connectivity index (χ0) is 16.2. The van der Waals surface area contributed by atoms with Gasteiger partial charge in [0.1, 0.15) is 11.5 Å². The highest BCUT2D eigenvalue weighted by molar-refractivity contribution is 7.99. The van der Waals surface area contributed by atoms with Gasteiger partial charge in [-0.1, -0.05) is 11.8 Å². The van der Waals surface area contributed by atoms with Crippen molar-refractivity contribution < 1.29 is 18.0 Å². The van der Waals surface area contributed by atoms with Gasteiger partial charge in [0, 0.05) is 0 Å². The third-order valence-electron chi connectivity index (χ3n) is 3.17. The van der Waals surface area contributed by atoms with Gasteiger partial charge in [0.05, 0.1) is 29.9 Å². The van der Waals surface area contributed by atoms with Crippen LogP contribution in [0.15, 0.2) is 49.2 Å². The van der Waals surface area contributed by atoms with E-state index in [4.69, 9.17) is 13.3 Å². The summed E-state index contributed by atoms with van der Waals surface area (Å²) in [4.78, 5) is 11.9. The highest BCUT2D eigenvalue weighted by atomic mass is 32.2. The van der Waals surface area contributed by atoms with Crippen molar-refractivity contribution in [1.29, 1.82) is 0 Å². The molecule has 0 saturated heterocycles. The molecule has 8 heteroatoms. The van der Waals surface area contributed by atoms with Crippen LogP contribution in [-0.2, 0) is 4.79 Å². The van der Waals surface area contributed by atoms with Crippen LogP contribution in [0.4, 0.5) is 0 Å². The number of hydrogen-bond acceptors (Lipinski definition) is 7. The van der Waals surface area contributed by atoms with Gasteiger partial charge in [-0.2, -0.15) is 0 Å². The van der Waals surface area contributed by atoms with Gasteiger partial charge in [-0.05, 0) is 32.0 Å². The molecule has 0 aliphatic rings. The van der Waals surface area contributed by atoms with Crippen LogP contribution >= 0.6 is 11.8 Å². The first-order chi connectivity index (χ1) is 11.1. The number of aromatic nitrogens is 2. The van der Waals surface area contributed by atoms with E-state index in [9.17, 15) is 4.79 Å². The first-order valence-electron chi connectivity index (χ1n) is 6.97. The first-order valence-corrected chi connectivity index (χ1v) is 7.95. The molecule has 0 aliphatic heterocycles. The molecule has 3 heterocycles. The van der Waals surface area contributed by atoms with Crippen molar-refractivity contribution in [2.75, 3.05) is 5.75 Å². The van der Waals surface area contributed by atoms with Gasteiger partial charge in [0.2, 0.25) is 5.91 Å². The summed E-state index contributed by atoms with van der Waals surface area (Å²) < 4.78 is 16.0. The predicted octanol–water partition coefficient (Wildman–Crippen LogP) is 3.20. The van der Waals surface area contributed by atoms with Gasteiger partial charge in [0.15, 0.2) is 0 Å². The molecule has 0 aliphatic carbocycles. The fraction of sp³-hybridized carbons (Fsp3) is 0.267. The van der Waals surface area contributed by atoms with E-state index < -0.39 is 0 Å². The summed E-state index contributed by atoms with van der Waals surface area (Å²) in [6.07, 6.45) is 3.13. The van der Waals surface area contributed by atoms with Crippen molar-refractivity contribution in [1.82, 2.24) is 15.5 Å². The Hall–Kier alpha value is -2.48. The van der Waals surface area contributed by atoms with Gasteiger partial charge in [-0.25, -0.2) is 0 Å². The lowest BCUT2D eigenvalue weighted by atomic mass is 10.2. The molecular formula is C15H15N3O4S. The van der Waals surface area contributed by atoms with Gasteiger partial charge in [-0.15, -0.1) is 10.2 Å². The van der Waals surface area contributed by atoms with Crippen LogP contribution in [0.5, 0.6) is 0 Å². The van der Waals surface area contributed by atoms with Crippen LogP contribution in [-0.4, -0.2) is 21.9 Å². The van der Waals surface area contributed by atoms with Gasteiger partial charge in [0.25, 0.3) is 11.1 Å². The summed E-state index contributed by atoms with van der Waals surface area (Å²) in [6, 6.07) is 5.17. The molecule has 0 bridgehead atoms. The van der Waals surface area contributed by atoms with Crippen molar-refractivity contribution in [2.45, 2.75) is 25.1 Å². The lowest BCUT2D eigenvalue weighted by Gasteiger charge is -2.10. The number of rotatable bonds is 6. The van der Waals surface area contributed by atoms with Gasteiger partial charge in [-0.3, -0.25) is 4.79 Å². The molecule has 0 unspecified atom stereocenters. The maximum atomic E-state index is 11.9. The zero-order valence-electron chi connectivity index (χ0n) is 12.6. The van der Waals surface area contributed by atoms with E-state index in [-0.39, 0.29) is 17.7 Å². The molecule has 3 rings (SSSR count). The molecule has 0 radical (unpaired) electrons. The number of amides is 1. The number of nitrogens with zero attached hydrogens (tertiary/aromatic N) is 2. The van der Waals surface area contributed by atoms with E-state index in [0.717, 1.165) is 5.56 Å². The Morgan fingerprint density at radius 1 is 1.30 bits per heavy atom. The minimum atomic E-state index is -0.190. The third kappa shape index (κ3) is 3.65. The molecule has 0 saturated carbocycles. The Bertz CT molecular complexity index is 778. The Balaban J connectivity index is 1.53. The summed E-state index contributed by atoms with van der Waals surface area (Å²) in [5.41, 5.74) is 0.750. The molecule has 7 nitrogen and oxygen atoms in total. The lowest BCUT2D eigenvalue weighted by Crippen LogP contribution is -2.27. The molecule has 1 N–H and O–H groups in total. The number of hydrogen-bond donors (Lipinski definition) is 1. The number of nitrogens with one attached hydrogen (secondary N) is 1. The fourth-order valence-corrected chi connectivity index (χ4v) is 2.58. The zero-order valence-corrected chi connectivity index (χ0v) is 13.4. The summed E-state index contributed by atoms with van der Waals surface area (Å²) in [5.74, 6) is 1.83. The maximum absolute atomic E-state index is 11.9. The number of carbonyl (C=O) groups excluding carboxylic acids is 1. The van der Waals surface area contributed by atoms with E-state index in [2.05, 4.69) is 15.5 Å². The summed E-state index contributed by atoms with van der Waals surface area (Å²) in [7, 11) is 0. The first kappa shape index (κ1) is 15.4. The van der Waals surface area contributed by atoms with Gasteiger partial charge < -0.3 is 18.6 Å². The van der Waals surface area contributed by atoms with Crippen LogP contribution in [0.3, 0.4) is 0 Å². The van der Waals surface area contributed by atoms with Crippen LogP contribution in [0.1, 0.15) is 24.5 Å². The highest BCUT2D eigenvalue weighted by Gasteiger charge is 2.16. The molecule has 3 aromatic heterocycles. The minimum absolute atomic E-state index is 0.141. The molecule has 0 spiro atoms. The SMILES string of the molecule is Cc1occc1-c1nnc(SCC(=O)N[C@H](C)c2ccco2)o1. The molecule has 0 fully saturated rings. The third-order valence-corrected chi connectivity index (χ3v) is 3.99. The van der Waals surface area contributed by atoms with Crippen LogP contribution in [0, 0.1) is 6.92 Å². The topological polar surface area (TPSA) is 94.3 Å². The second-order valence-electron chi connectivity index (χ2n) is 4.86. The van der Waals surface area contributed by atoms with E-state index in [1.54, 1.807) is 24.7 Å². The van der Waals surface area contributed by atoms with E-state index >= 15 is 0 Å². The monoisotopic (exact) mass is 333 g/mol. The average Bonchev–Trinajstić information content (AvgIpc) is 3.26. The number of carbonyl (C=O) groups is 1. The van der Waals surface area contributed by atoms with Crippen LogP contribution in [0.2, 0.25) is 0 Å². The Morgan fingerprint density at radius 3 is 2.87 bits per heavy atom. The highest BCUT2D eigenvalue weighted by Crippen LogP contribution is 2.26. The molecule has 3 aromatic rings. The lowest BCUT2D eigenvalue weighted by molar-refractivity contribution is -0.119. The van der Waals surface area contributed by atoms with Crippen LogP contribution < -0.4 is 5.32 Å². The summed E-state index contributed by atoms with van der Waals surface area (Å²) in [5, 5.41) is 11.0. The molecular weight excluding hydrogens is 318 g/mol.